The van der Waals surface area contributed by atoms with Gasteiger partial charge < -0.3 is 4.90 Å². The third-order valence-corrected chi connectivity index (χ3v) is 4.81. The number of hydrogen-bond acceptors (Lipinski definition) is 1. The van der Waals surface area contributed by atoms with E-state index in [4.69, 9.17) is 11.6 Å². The second-order valence-electron chi connectivity index (χ2n) is 5.81. The van der Waals surface area contributed by atoms with E-state index in [0.29, 0.717) is 5.38 Å². The van der Waals surface area contributed by atoms with Crippen LogP contribution in [0.3, 0.4) is 0 Å². The zero-order chi connectivity index (χ0) is 11.4. The molecule has 0 aromatic carbocycles. The molecule has 0 aromatic rings. The number of piperidine rings is 1. The average Bonchev–Trinajstić information content (AvgIpc) is 2.29. The summed E-state index contributed by atoms with van der Waals surface area (Å²) in [5, 5.41) is 0.463. The average molecular weight is 244 g/mol. The van der Waals surface area contributed by atoms with Crippen LogP contribution in [-0.4, -0.2) is 29.9 Å². The van der Waals surface area contributed by atoms with E-state index in [9.17, 15) is 0 Å². The maximum absolute atomic E-state index is 6.27. The molecule has 0 N–H and O–H groups in total. The molecule has 1 saturated carbocycles. The van der Waals surface area contributed by atoms with Gasteiger partial charge in [-0.25, -0.2) is 0 Å². The molecular formula is C14H26ClN. The van der Waals surface area contributed by atoms with Crippen LogP contribution in [0, 0.1) is 11.8 Å². The van der Waals surface area contributed by atoms with Gasteiger partial charge in [-0.05, 0) is 50.5 Å². The Morgan fingerprint density at radius 3 is 2.69 bits per heavy atom. The minimum absolute atomic E-state index is 0.463. The molecular weight excluding hydrogens is 218 g/mol. The Kier molecular flexibility index (Phi) is 4.97. The fourth-order valence-corrected chi connectivity index (χ4v) is 3.81. The lowest BCUT2D eigenvalue weighted by atomic mass is 9.87. The van der Waals surface area contributed by atoms with Gasteiger partial charge >= 0.3 is 0 Å². The van der Waals surface area contributed by atoms with Crippen molar-refractivity contribution in [3.63, 3.8) is 0 Å². The van der Waals surface area contributed by atoms with Crippen LogP contribution in [0.15, 0.2) is 0 Å². The molecule has 1 heterocycles. The summed E-state index contributed by atoms with van der Waals surface area (Å²) in [6.45, 7) is 6.34. The number of alkyl halides is 1. The van der Waals surface area contributed by atoms with E-state index in [1.165, 1.54) is 64.6 Å². The topological polar surface area (TPSA) is 3.24 Å². The minimum atomic E-state index is 0.463. The summed E-state index contributed by atoms with van der Waals surface area (Å²) in [6.07, 6.45) is 9.50. The van der Waals surface area contributed by atoms with Gasteiger partial charge in [0.2, 0.25) is 0 Å². The second kappa shape index (κ2) is 6.26. The summed E-state index contributed by atoms with van der Waals surface area (Å²) in [4.78, 5) is 2.71. The fraction of sp³-hybridized carbons (Fsp3) is 1.00. The zero-order valence-corrected chi connectivity index (χ0v) is 11.4. The van der Waals surface area contributed by atoms with E-state index in [1.54, 1.807) is 0 Å². The summed E-state index contributed by atoms with van der Waals surface area (Å²) < 4.78 is 0. The summed E-state index contributed by atoms with van der Waals surface area (Å²) in [5.74, 6) is 1.84. The Hall–Kier alpha value is 0.250. The highest BCUT2D eigenvalue weighted by Crippen LogP contribution is 2.29. The number of nitrogens with zero attached hydrogens (tertiary/aromatic N) is 1. The molecule has 1 saturated heterocycles. The predicted molar refractivity (Wildman–Crippen MR) is 71.1 cm³/mol. The highest BCUT2D eigenvalue weighted by atomic mass is 35.5. The maximum Gasteiger partial charge on any atom is 0.0339 e. The van der Waals surface area contributed by atoms with Gasteiger partial charge in [-0.15, -0.1) is 11.6 Å². The van der Waals surface area contributed by atoms with Crippen molar-refractivity contribution < 1.29 is 0 Å². The minimum Gasteiger partial charge on any atom is -0.303 e. The molecule has 3 unspecified atom stereocenters. The molecule has 1 aliphatic heterocycles. The van der Waals surface area contributed by atoms with Gasteiger partial charge in [0.05, 0.1) is 0 Å². The standard InChI is InChI=1S/C14H26ClN/c1-2-12-6-4-8-16(10-12)11-13-5-3-7-14(15)9-13/h12-14H,2-11H2,1H3. The van der Waals surface area contributed by atoms with Crippen LogP contribution in [0.4, 0.5) is 0 Å². The Bertz CT molecular complexity index is 207. The largest absolute Gasteiger partial charge is 0.303 e. The SMILES string of the molecule is CCC1CCCN(CC2CCCC(Cl)C2)C1. The fourth-order valence-electron chi connectivity index (χ4n) is 3.41. The number of likely N-dealkylation sites (tertiary alicyclic amines) is 1. The molecule has 2 aliphatic rings. The normalized spacial score (nSPS) is 37.5. The first-order valence-corrected chi connectivity index (χ1v) is 7.58. The molecule has 94 valence electrons. The smallest absolute Gasteiger partial charge is 0.0339 e. The molecule has 1 aliphatic carbocycles. The first-order valence-electron chi connectivity index (χ1n) is 7.14. The first kappa shape index (κ1) is 12.7. The predicted octanol–water partition coefficient (Wildman–Crippen LogP) is 3.91. The van der Waals surface area contributed by atoms with Gasteiger partial charge in [0.15, 0.2) is 0 Å². The Morgan fingerprint density at radius 2 is 1.94 bits per heavy atom. The van der Waals surface area contributed by atoms with Crippen LogP contribution < -0.4 is 0 Å². The van der Waals surface area contributed by atoms with Crippen molar-refractivity contribution in [2.75, 3.05) is 19.6 Å². The molecule has 2 rings (SSSR count). The molecule has 0 bridgehead atoms. The quantitative estimate of drug-likeness (QED) is 0.680. The van der Waals surface area contributed by atoms with E-state index in [1.807, 2.05) is 0 Å². The van der Waals surface area contributed by atoms with Crippen molar-refractivity contribution in [2.24, 2.45) is 11.8 Å². The molecule has 0 spiro atoms. The van der Waals surface area contributed by atoms with Gasteiger partial charge in [0.1, 0.15) is 0 Å². The van der Waals surface area contributed by atoms with Crippen LogP contribution in [0.25, 0.3) is 0 Å². The zero-order valence-electron chi connectivity index (χ0n) is 10.6. The summed E-state index contributed by atoms with van der Waals surface area (Å²) in [6, 6.07) is 0. The van der Waals surface area contributed by atoms with Crippen LogP contribution >= 0.6 is 11.6 Å². The monoisotopic (exact) mass is 243 g/mol. The van der Waals surface area contributed by atoms with E-state index < -0.39 is 0 Å². The van der Waals surface area contributed by atoms with Crippen molar-refractivity contribution in [1.82, 2.24) is 4.90 Å². The van der Waals surface area contributed by atoms with Crippen LogP contribution in [0.2, 0.25) is 0 Å². The molecule has 0 amide bonds. The lowest BCUT2D eigenvalue weighted by Crippen LogP contribution is -2.39. The Balaban J connectivity index is 1.75. The third kappa shape index (κ3) is 3.63. The van der Waals surface area contributed by atoms with Gasteiger partial charge in [-0.3, -0.25) is 0 Å². The Morgan fingerprint density at radius 1 is 1.12 bits per heavy atom. The molecule has 1 nitrogen and oxygen atoms in total. The second-order valence-corrected chi connectivity index (χ2v) is 6.42. The van der Waals surface area contributed by atoms with Crippen molar-refractivity contribution >= 4 is 11.6 Å². The first-order chi connectivity index (χ1) is 7.78. The van der Waals surface area contributed by atoms with E-state index in [2.05, 4.69) is 11.8 Å². The van der Waals surface area contributed by atoms with Crippen molar-refractivity contribution in [3.8, 4) is 0 Å². The molecule has 16 heavy (non-hydrogen) atoms. The van der Waals surface area contributed by atoms with Crippen molar-refractivity contribution in [3.05, 3.63) is 0 Å². The lowest BCUT2D eigenvalue weighted by molar-refractivity contribution is 0.136. The van der Waals surface area contributed by atoms with E-state index in [0.717, 1.165) is 11.8 Å². The molecule has 0 aromatic heterocycles. The van der Waals surface area contributed by atoms with Crippen LogP contribution in [-0.2, 0) is 0 Å². The molecule has 2 fully saturated rings. The maximum atomic E-state index is 6.27. The number of hydrogen-bond donors (Lipinski definition) is 0. The highest BCUT2D eigenvalue weighted by molar-refractivity contribution is 6.20. The van der Waals surface area contributed by atoms with Gasteiger partial charge in [-0.2, -0.15) is 0 Å². The van der Waals surface area contributed by atoms with Gasteiger partial charge in [0, 0.05) is 18.5 Å². The van der Waals surface area contributed by atoms with E-state index >= 15 is 0 Å². The molecule has 2 heteroatoms. The molecule has 0 radical (unpaired) electrons. The summed E-state index contributed by atoms with van der Waals surface area (Å²) in [5.41, 5.74) is 0. The Labute approximate surface area is 106 Å². The van der Waals surface area contributed by atoms with Crippen molar-refractivity contribution in [1.29, 1.82) is 0 Å². The number of halogens is 1. The van der Waals surface area contributed by atoms with Crippen molar-refractivity contribution in [2.45, 2.75) is 57.2 Å². The number of rotatable bonds is 3. The van der Waals surface area contributed by atoms with Gasteiger partial charge in [0.25, 0.3) is 0 Å². The highest BCUT2D eigenvalue weighted by Gasteiger charge is 2.25. The summed E-state index contributed by atoms with van der Waals surface area (Å²) >= 11 is 6.27. The summed E-state index contributed by atoms with van der Waals surface area (Å²) in [7, 11) is 0. The van der Waals surface area contributed by atoms with E-state index in [-0.39, 0.29) is 0 Å². The van der Waals surface area contributed by atoms with Gasteiger partial charge in [-0.1, -0.05) is 19.8 Å². The van der Waals surface area contributed by atoms with Crippen LogP contribution in [0.5, 0.6) is 0 Å². The third-order valence-electron chi connectivity index (χ3n) is 4.42. The lowest BCUT2D eigenvalue weighted by Gasteiger charge is -2.36. The molecule has 3 atom stereocenters. The van der Waals surface area contributed by atoms with Crippen LogP contribution in [0.1, 0.15) is 51.9 Å².